The maximum absolute atomic E-state index is 13.9. The standard InChI is InChI=1S/C30H36O8/c1-4-7-10-11-13-20-16-17-22-25(28(20)38-30(34)36-19-9-6-3)27(32)24-21(26(22)31)14-12-15-23(24)37-29(33)35-18-8-5-2/h12,14-17H,4-11,13,18-19H2,1-3H3. The van der Waals surface area contributed by atoms with Crippen molar-refractivity contribution in [3.8, 4) is 11.5 Å². The second-order valence-electron chi connectivity index (χ2n) is 9.23. The molecule has 0 bridgehead atoms. The van der Waals surface area contributed by atoms with E-state index in [1.54, 1.807) is 12.1 Å². The number of unbranched alkanes of at least 4 members (excludes halogenated alkanes) is 5. The maximum Gasteiger partial charge on any atom is 0.513 e. The zero-order valence-electron chi connectivity index (χ0n) is 22.4. The van der Waals surface area contributed by atoms with Gasteiger partial charge in [-0.3, -0.25) is 9.59 Å². The Bertz CT molecular complexity index is 1170. The van der Waals surface area contributed by atoms with Crippen molar-refractivity contribution in [3.63, 3.8) is 0 Å². The van der Waals surface area contributed by atoms with Gasteiger partial charge in [0.15, 0.2) is 5.78 Å². The molecule has 204 valence electrons. The van der Waals surface area contributed by atoms with E-state index in [1.807, 2.05) is 13.8 Å². The second kappa shape index (κ2) is 14.3. The van der Waals surface area contributed by atoms with Crippen molar-refractivity contribution in [1.29, 1.82) is 0 Å². The molecule has 2 aromatic carbocycles. The predicted molar refractivity (Wildman–Crippen MR) is 141 cm³/mol. The SMILES string of the molecule is CCCCCCc1ccc2c(c1OC(=O)OCCCC)C(=O)c1c(OC(=O)OCCCC)cccc1C2=O. The van der Waals surface area contributed by atoms with Crippen molar-refractivity contribution < 1.29 is 38.1 Å². The molecule has 8 nitrogen and oxygen atoms in total. The van der Waals surface area contributed by atoms with Crippen LogP contribution in [0.3, 0.4) is 0 Å². The number of ketones is 2. The van der Waals surface area contributed by atoms with Crippen LogP contribution in [0, 0.1) is 0 Å². The van der Waals surface area contributed by atoms with E-state index < -0.39 is 23.9 Å². The Balaban J connectivity index is 2.00. The largest absolute Gasteiger partial charge is 0.513 e. The summed E-state index contributed by atoms with van der Waals surface area (Å²) < 4.78 is 21.2. The average Bonchev–Trinajstić information content (AvgIpc) is 2.90. The van der Waals surface area contributed by atoms with E-state index in [1.165, 1.54) is 18.2 Å². The maximum atomic E-state index is 13.9. The number of fused-ring (bicyclic) bond motifs is 2. The topological polar surface area (TPSA) is 105 Å². The van der Waals surface area contributed by atoms with Gasteiger partial charge in [0.05, 0.1) is 24.3 Å². The first-order valence-corrected chi connectivity index (χ1v) is 13.5. The number of carbonyl (C=O) groups excluding carboxylic acids is 4. The summed E-state index contributed by atoms with van der Waals surface area (Å²) in [5.74, 6) is -1.07. The van der Waals surface area contributed by atoms with E-state index in [9.17, 15) is 19.2 Å². The molecule has 0 amide bonds. The Labute approximate surface area is 223 Å². The Hall–Kier alpha value is -3.68. The predicted octanol–water partition coefficient (Wildman–Crippen LogP) is 7.22. The van der Waals surface area contributed by atoms with Crippen molar-refractivity contribution >= 4 is 23.9 Å². The number of rotatable bonds is 13. The van der Waals surface area contributed by atoms with Crippen molar-refractivity contribution in [2.75, 3.05) is 13.2 Å². The lowest BCUT2D eigenvalue weighted by atomic mass is 9.81. The summed E-state index contributed by atoms with van der Waals surface area (Å²) in [7, 11) is 0. The molecule has 0 heterocycles. The van der Waals surface area contributed by atoms with Gasteiger partial charge in [-0.1, -0.05) is 71.1 Å². The monoisotopic (exact) mass is 524 g/mol. The molecule has 2 aromatic rings. The van der Waals surface area contributed by atoms with E-state index in [0.29, 0.717) is 24.8 Å². The Morgan fingerprint density at radius 1 is 0.658 bits per heavy atom. The molecule has 0 unspecified atom stereocenters. The van der Waals surface area contributed by atoms with Gasteiger partial charge in [0.2, 0.25) is 5.78 Å². The van der Waals surface area contributed by atoms with Crippen molar-refractivity contribution in [3.05, 3.63) is 58.1 Å². The molecule has 1 aliphatic rings. The number of hydrogen-bond donors (Lipinski definition) is 0. The van der Waals surface area contributed by atoms with Crippen LogP contribution < -0.4 is 9.47 Å². The number of ether oxygens (including phenoxy) is 4. The highest BCUT2D eigenvalue weighted by Crippen LogP contribution is 2.39. The van der Waals surface area contributed by atoms with Gasteiger partial charge in [0, 0.05) is 11.1 Å². The normalized spacial score (nSPS) is 12.0. The van der Waals surface area contributed by atoms with Gasteiger partial charge in [0.1, 0.15) is 11.5 Å². The highest BCUT2D eigenvalue weighted by molar-refractivity contribution is 6.30. The summed E-state index contributed by atoms with van der Waals surface area (Å²) in [6.45, 7) is 6.41. The molecular weight excluding hydrogens is 488 g/mol. The van der Waals surface area contributed by atoms with Crippen molar-refractivity contribution in [1.82, 2.24) is 0 Å². The molecular formula is C30H36O8. The first-order valence-electron chi connectivity index (χ1n) is 13.5. The fourth-order valence-corrected chi connectivity index (χ4v) is 4.24. The van der Waals surface area contributed by atoms with Crippen LogP contribution >= 0.6 is 0 Å². The summed E-state index contributed by atoms with van der Waals surface area (Å²) in [5.41, 5.74) is 0.768. The quantitative estimate of drug-likeness (QED) is 0.131. The molecule has 0 spiro atoms. The lowest BCUT2D eigenvalue weighted by Gasteiger charge is -2.23. The number of benzene rings is 2. The summed E-state index contributed by atoms with van der Waals surface area (Å²) >= 11 is 0. The highest BCUT2D eigenvalue weighted by Gasteiger charge is 2.37. The molecule has 8 heteroatoms. The summed E-state index contributed by atoms with van der Waals surface area (Å²) in [6, 6.07) is 7.79. The van der Waals surface area contributed by atoms with E-state index in [2.05, 4.69) is 6.92 Å². The minimum atomic E-state index is -0.960. The van der Waals surface area contributed by atoms with E-state index >= 15 is 0 Å². The Morgan fingerprint density at radius 3 is 1.95 bits per heavy atom. The van der Waals surface area contributed by atoms with Crippen molar-refractivity contribution in [2.24, 2.45) is 0 Å². The van der Waals surface area contributed by atoms with Gasteiger partial charge in [-0.25, -0.2) is 9.59 Å². The van der Waals surface area contributed by atoms with Crippen molar-refractivity contribution in [2.45, 2.75) is 78.6 Å². The lowest BCUT2D eigenvalue weighted by molar-refractivity contribution is 0.0922. The average molecular weight is 525 g/mol. The van der Waals surface area contributed by atoms with Crippen LogP contribution in [0.2, 0.25) is 0 Å². The lowest BCUT2D eigenvalue weighted by Crippen LogP contribution is -2.25. The summed E-state index contributed by atoms with van der Waals surface area (Å²) in [6.07, 6.45) is 5.59. The second-order valence-corrected chi connectivity index (χ2v) is 9.23. The van der Waals surface area contributed by atoms with Crippen LogP contribution in [0.1, 0.15) is 110 Å². The molecule has 0 radical (unpaired) electrons. The first kappa shape index (κ1) is 28.9. The molecule has 0 aromatic heterocycles. The smallest absolute Gasteiger partial charge is 0.434 e. The molecule has 1 aliphatic carbocycles. The zero-order chi connectivity index (χ0) is 27.5. The molecule has 0 atom stereocenters. The Kier molecular flexibility index (Phi) is 10.9. The third-order valence-electron chi connectivity index (χ3n) is 6.32. The van der Waals surface area contributed by atoms with Gasteiger partial charge in [-0.15, -0.1) is 0 Å². The van der Waals surface area contributed by atoms with E-state index in [0.717, 1.165) is 38.5 Å². The summed E-state index contributed by atoms with van der Waals surface area (Å²) in [5, 5.41) is 0. The van der Waals surface area contributed by atoms with E-state index in [4.69, 9.17) is 18.9 Å². The van der Waals surface area contributed by atoms with Crippen LogP contribution in [-0.4, -0.2) is 37.1 Å². The molecule has 3 rings (SSSR count). The third-order valence-corrected chi connectivity index (χ3v) is 6.32. The zero-order valence-corrected chi connectivity index (χ0v) is 22.4. The fourth-order valence-electron chi connectivity index (χ4n) is 4.24. The van der Waals surface area contributed by atoms with E-state index in [-0.39, 0.29) is 47.0 Å². The van der Waals surface area contributed by atoms with Gasteiger partial charge < -0.3 is 18.9 Å². The minimum Gasteiger partial charge on any atom is -0.434 e. The number of carbonyl (C=O) groups is 4. The van der Waals surface area contributed by atoms with Crippen LogP contribution in [0.15, 0.2) is 30.3 Å². The molecule has 0 N–H and O–H groups in total. The first-order chi connectivity index (χ1) is 18.4. The molecule has 0 saturated heterocycles. The van der Waals surface area contributed by atoms with Gasteiger partial charge in [-0.05, 0) is 43.4 Å². The number of aryl methyl sites for hydroxylation is 1. The fraction of sp³-hybridized carbons (Fsp3) is 0.467. The minimum absolute atomic E-state index is 0.0184. The van der Waals surface area contributed by atoms with Gasteiger partial charge >= 0.3 is 12.3 Å². The molecule has 38 heavy (non-hydrogen) atoms. The third kappa shape index (κ3) is 7.00. The molecule has 0 fully saturated rings. The van der Waals surface area contributed by atoms with Gasteiger partial charge in [0.25, 0.3) is 0 Å². The molecule has 0 saturated carbocycles. The number of hydrogen-bond acceptors (Lipinski definition) is 8. The molecule has 0 aliphatic heterocycles. The van der Waals surface area contributed by atoms with Crippen LogP contribution in [0.25, 0.3) is 0 Å². The Morgan fingerprint density at radius 2 is 1.29 bits per heavy atom. The van der Waals surface area contributed by atoms with Crippen LogP contribution in [0.4, 0.5) is 9.59 Å². The highest BCUT2D eigenvalue weighted by atomic mass is 16.7. The van der Waals surface area contributed by atoms with Gasteiger partial charge in [-0.2, -0.15) is 0 Å². The summed E-state index contributed by atoms with van der Waals surface area (Å²) in [4.78, 5) is 52.1. The van der Waals surface area contributed by atoms with Crippen LogP contribution in [-0.2, 0) is 15.9 Å². The van der Waals surface area contributed by atoms with Crippen LogP contribution in [0.5, 0.6) is 11.5 Å².